The summed E-state index contributed by atoms with van der Waals surface area (Å²) in [7, 11) is 0. The van der Waals surface area contributed by atoms with E-state index in [1.54, 1.807) is 28.9 Å². The topological polar surface area (TPSA) is 95.6 Å². The molecule has 0 amide bonds. The highest BCUT2D eigenvalue weighted by molar-refractivity contribution is 5.73. The number of rotatable bonds is 4. The van der Waals surface area contributed by atoms with Crippen molar-refractivity contribution < 1.29 is 20.1 Å². The van der Waals surface area contributed by atoms with Crippen molar-refractivity contribution in [1.82, 2.24) is 9.78 Å². The molecule has 3 N–H and O–H groups in total. The minimum atomic E-state index is -1.86. The van der Waals surface area contributed by atoms with Crippen LogP contribution in [-0.4, -0.2) is 37.2 Å². The Morgan fingerprint density at radius 1 is 1.25 bits per heavy atom. The number of carboxylic acids is 1. The molecule has 0 saturated heterocycles. The Bertz CT molecular complexity index is 636. The molecule has 0 aliphatic carbocycles. The molecule has 106 valence electrons. The predicted molar refractivity (Wildman–Crippen MR) is 71.6 cm³/mol. The molecule has 6 heteroatoms. The third-order valence-corrected chi connectivity index (χ3v) is 3.02. The van der Waals surface area contributed by atoms with Crippen molar-refractivity contribution >= 4 is 5.97 Å². The monoisotopic (exact) mass is 276 g/mol. The van der Waals surface area contributed by atoms with Crippen LogP contribution in [-0.2, 0) is 4.79 Å². The molecule has 2 rings (SSSR count). The summed E-state index contributed by atoms with van der Waals surface area (Å²) in [6.07, 6.45) is -3.34. The van der Waals surface area contributed by atoms with E-state index < -0.39 is 18.2 Å². The summed E-state index contributed by atoms with van der Waals surface area (Å²) >= 11 is 0. The zero-order valence-electron chi connectivity index (χ0n) is 11.2. The molecule has 1 aromatic carbocycles. The third-order valence-electron chi connectivity index (χ3n) is 3.02. The molecular weight excluding hydrogens is 260 g/mol. The second kappa shape index (κ2) is 5.44. The van der Waals surface area contributed by atoms with Gasteiger partial charge in [-0.15, -0.1) is 0 Å². The number of carboxylic acid groups (broad SMARTS) is 1. The Morgan fingerprint density at radius 3 is 2.50 bits per heavy atom. The SMILES string of the molecule is Cc1cc(C)n(-c2cccc(C(O)C(O)C(=O)O)c2)n1. The molecule has 0 saturated carbocycles. The lowest BCUT2D eigenvalue weighted by Gasteiger charge is -2.15. The summed E-state index contributed by atoms with van der Waals surface area (Å²) in [5.74, 6) is -1.46. The average Bonchev–Trinajstić information content (AvgIpc) is 2.76. The van der Waals surface area contributed by atoms with E-state index in [9.17, 15) is 15.0 Å². The molecule has 1 aromatic heterocycles. The average molecular weight is 276 g/mol. The molecule has 2 unspecified atom stereocenters. The van der Waals surface area contributed by atoms with Crippen LogP contribution in [0.25, 0.3) is 5.69 Å². The molecule has 2 aromatic rings. The van der Waals surface area contributed by atoms with Crippen LogP contribution in [0.1, 0.15) is 23.1 Å². The largest absolute Gasteiger partial charge is 0.479 e. The fraction of sp³-hybridized carbons (Fsp3) is 0.286. The second-order valence-corrected chi connectivity index (χ2v) is 4.66. The normalized spacial score (nSPS) is 14.0. The molecule has 2 atom stereocenters. The molecule has 6 nitrogen and oxygen atoms in total. The van der Waals surface area contributed by atoms with Crippen LogP contribution in [0.2, 0.25) is 0 Å². The van der Waals surface area contributed by atoms with Gasteiger partial charge in [-0.25, -0.2) is 9.48 Å². The summed E-state index contributed by atoms with van der Waals surface area (Å²) in [4.78, 5) is 10.7. The number of aryl methyl sites for hydroxylation is 2. The molecule has 0 spiro atoms. The van der Waals surface area contributed by atoms with Gasteiger partial charge in [0.25, 0.3) is 0 Å². The quantitative estimate of drug-likeness (QED) is 0.773. The van der Waals surface area contributed by atoms with E-state index in [2.05, 4.69) is 5.10 Å². The summed E-state index contributed by atoms with van der Waals surface area (Å²) < 4.78 is 1.69. The van der Waals surface area contributed by atoms with Crippen molar-refractivity contribution in [2.45, 2.75) is 26.1 Å². The smallest absolute Gasteiger partial charge is 0.335 e. The first-order chi connectivity index (χ1) is 9.40. The first-order valence-corrected chi connectivity index (χ1v) is 6.12. The summed E-state index contributed by atoms with van der Waals surface area (Å²) in [5.41, 5.74) is 2.81. The number of aliphatic hydroxyl groups excluding tert-OH is 2. The van der Waals surface area contributed by atoms with Gasteiger partial charge in [0.2, 0.25) is 0 Å². The first kappa shape index (κ1) is 14.2. The van der Waals surface area contributed by atoms with E-state index in [0.29, 0.717) is 11.3 Å². The molecule has 1 heterocycles. The number of hydrogen-bond acceptors (Lipinski definition) is 4. The summed E-state index contributed by atoms with van der Waals surface area (Å²) in [6.45, 7) is 3.77. The zero-order chi connectivity index (χ0) is 14.9. The van der Waals surface area contributed by atoms with Crippen LogP contribution in [0, 0.1) is 13.8 Å². The van der Waals surface area contributed by atoms with E-state index in [0.717, 1.165) is 11.4 Å². The summed E-state index contributed by atoms with van der Waals surface area (Å²) in [5, 5.41) is 32.3. The number of aliphatic carboxylic acids is 1. The van der Waals surface area contributed by atoms with Crippen LogP contribution in [0.3, 0.4) is 0 Å². The maximum atomic E-state index is 10.7. The first-order valence-electron chi connectivity index (χ1n) is 6.12. The molecule has 20 heavy (non-hydrogen) atoms. The van der Waals surface area contributed by atoms with Gasteiger partial charge < -0.3 is 15.3 Å². The molecule has 0 bridgehead atoms. The van der Waals surface area contributed by atoms with Gasteiger partial charge in [-0.1, -0.05) is 12.1 Å². The van der Waals surface area contributed by atoms with Gasteiger partial charge in [-0.2, -0.15) is 5.10 Å². The van der Waals surface area contributed by atoms with Crippen molar-refractivity contribution in [2.24, 2.45) is 0 Å². The highest BCUT2D eigenvalue weighted by Crippen LogP contribution is 2.21. The van der Waals surface area contributed by atoms with Crippen molar-refractivity contribution in [3.8, 4) is 5.69 Å². The summed E-state index contributed by atoms with van der Waals surface area (Å²) in [6, 6.07) is 8.55. The highest BCUT2D eigenvalue weighted by atomic mass is 16.4. The lowest BCUT2D eigenvalue weighted by Crippen LogP contribution is -2.27. The fourth-order valence-electron chi connectivity index (χ4n) is 2.05. The van der Waals surface area contributed by atoms with Crippen LogP contribution < -0.4 is 0 Å². The van der Waals surface area contributed by atoms with E-state index >= 15 is 0 Å². The van der Waals surface area contributed by atoms with Gasteiger partial charge in [0.05, 0.1) is 11.4 Å². The van der Waals surface area contributed by atoms with Gasteiger partial charge in [0.15, 0.2) is 6.10 Å². The number of aromatic nitrogens is 2. The van der Waals surface area contributed by atoms with Gasteiger partial charge in [-0.3, -0.25) is 0 Å². The maximum absolute atomic E-state index is 10.7. The minimum absolute atomic E-state index is 0.324. The van der Waals surface area contributed by atoms with Gasteiger partial charge in [0.1, 0.15) is 6.10 Å². The van der Waals surface area contributed by atoms with Crippen molar-refractivity contribution in [3.05, 3.63) is 47.3 Å². The van der Waals surface area contributed by atoms with Crippen molar-refractivity contribution in [1.29, 1.82) is 0 Å². The minimum Gasteiger partial charge on any atom is -0.479 e. The lowest BCUT2D eigenvalue weighted by molar-refractivity contribution is -0.153. The Kier molecular flexibility index (Phi) is 3.87. The van der Waals surface area contributed by atoms with Crippen LogP contribution in [0.4, 0.5) is 0 Å². The number of hydrogen-bond donors (Lipinski definition) is 3. The Labute approximate surface area is 115 Å². The third kappa shape index (κ3) is 2.71. The number of aliphatic hydroxyl groups is 2. The van der Waals surface area contributed by atoms with Crippen LogP contribution >= 0.6 is 0 Å². The Balaban J connectivity index is 2.38. The number of carbonyl (C=O) groups is 1. The lowest BCUT2D eigenvalue weighted by atomic mass is 10.0. The molecule has 0 radical (unpaired) electrons. The molecular formula is C14H16N2O4. The van der Waals surface area contributed by atoms with Gasteiger partial charge in [-0.05, 0) is 37.6 Å². The molecule has 0 aliphatic rings. The van der Waals surface area contributed by atoms with E-state index in [1.165, 1.54) is 0 Å². The van der Waals surface area contributed by atoms with Crippen molar-refractivity contribution in [3.63, 3.8) is 0 Å². The fourth-order valence-corrected chi connectivity index (χ4v) is 2.05. The van der Waals surface area contributed by atoms with E-state index in [-0.39, 0.29) is 0 Å². The molecule has 0 aliphatic heterocycles. The Morgan fingerprint density at radius 2 is 1.95 bits per heavy atom. The van der Waals surface area contributed by atoms with Crippen LogP contribution in [0.15, 0.2) is 30.3 Å². The number of benzene rings is 1. The van der Waals surface area contributed by atoms with Gasteiger partial charge >= 0.3 is 5.97 Å². The number of nitrogens with zero attached hydrogens (tertiary/aromatic N) is 2. The zero-order valence-corrected chi connectivity index (χ0v) is 11.2. The predicted octanol–water partition coefficient (Wildman–Crippen LogP) is 0.968. The van der Waals surface area contributed by atoms with Crippen LogP contribution in [0.5, 0.6) is 0 Å². The second-order valence-electron chi connectivity index (χ2n) is 4.66. The Hall–Kier alpha value is -2.18. The van der Waals surface area contributed by atoms with Gasteiger partial charge in [0, 0.05) is 5.69 Å². The molecule has 0 fully saturated rings. The standard InChI is InChI=1S/C14H16N2O4/c1-8-6-9(2)16(15-8)11-5-3-4-10(7-11)12(17)13(18)14(19)20/h3-7,12-13,17-18H,1-2H3,(H,19,20). The maximum Gasteiger partial charge on any atom is 0.335 e. The highest BCUT2D eigenvalue weighted by Gasteiger charge is 2.25. The van der Waals surface area contributed by atoms with E-state index in [4.69, 9.17) is 5.11 Å². The van der Waals surface area contributed by atoms with Crippen molar-refractivity contribution in [2.75, 3.05) is 0 Å². The van der Waals surface area contributed by atoms with E-state index in [1.807, 2.05) is 19.9 Å².